The average molecular weight is 301 g/mol. The lowest BCUT2D eigenvalue weighted by Gasteiger charge is -2.32. The molecule has 1 saturated heterocycles. The lowest BCUT2D eigenvalue weighted by Crippen LogP contribution is -2.42. The quantitative estimate of drug-likeness (QED) is 0.934. The molecule has 2 aromatic rings. The molecule has 6 nitrogen and oxygen atoms in total. The van der Waals surface area contributed by atoms with Gasteiger partial charge in [0.2, 0.25) is 5.91 Å². The highest BCUT2D eigenvalue weighted by atomic mass is 16.2. The normalized spacial score (nSPS) is 18.6. The fourth-order valence-corrected chi connectivity index (χ4v) is 3.23. The van der Waals surface area contributed by atoms with Gasteiger partial charge in [-0.25, -0.2) is 0 Å². The van der Waals surface area contributed by atoms with Gasteiger partial charge in [0.1, 0.15) is 6.54 Å². The number of hydrogen-bond acceptors (Lipinski definition) is 3. The predicted molar refractivity (Wildman–Crippen MR) is 83.3 cm³/mol. The second kappa shape index (κ2) is 6.34. The van der Waals surface area contributed by atoms with Gasteiger partial charge in [0.05, 0.1) is 5.69 Å². The Kier molecular flexibility index (Phi) is 4.27. The van der Waals surface area contributed by atoms with E-state index in [0.29, 0.717) is 12.5 Å². The van der Waals surface area contributed by atoms with E-state index in [-0.39, 0.29) is 5.91 Å². The van der Waals surface area contributed by atoms with Gasteiger partial charge in [-0.2, -0.15) is 10.2 Å². The van der Waals surface area contributed by atoms with Crippen molar-refractivity contribution in [2.75, 3.05) is 13.1 Å². The number of aromatic nitrogens is 4. The van der Waals surface area contributed by atoms with Gasteiger partial charge in [0, 0.05) is 30.7 Å². The van der Waals surface area contributed by atoms with Gasteiger partial charge >= 0.3 is 0 Å². The number of carbonyl (C=O) groups excluding carboxylic acids is 1. The Balaban J connectivity index is 1.59. The minimum Gasteiger partial charge on any atom is -0.341 e. The van der Waals surface area contributed by atoms with E-state index in [9.17, 15) is 4.79 Å². The molecule has 0 radical (unpaired) electrons. The summed E-state index contributed by atoms with van der Waals surface area (Å²) in [5, 5.41) is 11.4. The zero-order valence-corrected chi connectivity index (χ0v) is 13.2. The minimum atomic E-state index is 0.167. The lowest BCUT2D eigenvalue weighted by molar-refractivity contribution is -0.133. The van der Waals surface area contributed by atoms with Crippen LogP contribution in [0.2, 0.25) is 0 Å². The van der Waals surface area contributed by atoms with E-state index in [1.807, 2.05) is 30.9 Å². The molecule has 2 aromatic heterocycles. The lowest BCUT2D eigenvalue weighted by atomic mass is 9.93. The number of hydrogen-bond donors (Lipinski definition) is 1. The average Bonchev–Trinajstić information content (AvgIpc) is 3.09. The Morgan fingerprint density at radius 3 is 3.00 bits per heavy atom. The van der Waals surface area contributed by atoms with Crippen LogP contribution in [0.3, 0.4) is 0 Å². The number of H-pyrrole nitrogens is 1. The first-order chi connectivity index (χ1) is 10.6. The number of rotatable bonds is 4. The van der Waals surface area contributed by atoms with Crippen molar-refractivity contribution in [1.29, 1.82) is 0 Å². The first-order valence-corrected chi connectivity index (χ1v) is 7.89. The van der Waals surface area contributed by atoms with E-state index in [4.69, 9.17) is 0 Å². The summed E-state index contributed by atoms with van der Waals surface area (Å²) in [5.41, 5.74) is 3.15. The number of piperidine rings is 1. The highest BCUT2D eigenvalue weighted by molar-refractivity contribution is 5.76. The molecular formula is C16H23N5O. The number of amides is 1. The van der Waals surface area contributed by atoms with Crippen LogP contribution >= 0.6 is 0 Å². The van der Waals surface area contributed by atoms with E-state index < -0.39 is 0 Å². The van der Waals surface area contributed by atoms with Gasteiger partial charge in [-0.3, -0.25) is 14.6 Å². The van der Waals surface area contributed by atoms with Crippen LogP contribution in [0.1, 0.15) is 29.9 Å². The monoisotopic (exact) mass is 301 g/mol. The van der Waals surface area contributed by atoms with Crippen LogP contribution in [0.5, 0.6) is 0 Å². The number of likely N-dealkylation sites (tertiary alicyclic amines) is 1. The third kappa shape index (κ3) is 3.37. The fraction of sp³-hybridized carbons (Fsp3) is 0.562. The molecule has 1 aliphatic rings. The summed E-state index contributed by atoms with van der Waals surface area (Å²) < 4.78 is 1.80. The summed E-state index contributed by atoms with van der Waals surface area (Å²) >= 11 is 0. The van der Waals surface area contributed by atoms with Crippen molar-refractivity contribution in [3.8, 4) is 0 Å². The Morgan fingerprint density at radius 1 is 1.45 bits per heavy atom. The molecule has 3 heterocycles. The number of aromatic amines is 1. The van der Waals surface area contributed by atoms with Crippen LogP contribution < -0.4 is 0 Å². The van der Waals surface area contributed by atoms with E-state index in [2.05, 4.69) is 15.3 Å². The molecule has 1 N–H and O–H groups in total. The van der Waals surface area contributed by atoms with Crippen molar-refractivity contribution < 1.29 is 4.79 Å². The highest BCUT2D eigenvalue weighted by Crippen LogP contribution is 2.20. The first kappa shape index (κ1) is 14.8. The molecule has 22 heavy (non-hydrogen) atoms. The molecule has 3 rings (SSSR count). The smallest absolute Gasteiger partial charge is 0.244 e. The van der Waals surface area contributed by atoms with Crippen molar-refractivity contribution in [3.05, 3.63) is 35.4 Å². The molecule has 1 aliphatic heterocycles. The van der Waals surface area contributed by atoms with E-state index in [0.717, 1.165) is 43.0 Å². The molecule has 0 aliphatic carbocycles. The third-order valence-electron chi connectivity index (χ3n) is 4.33. The van der Waals surface area contributed by atoms with Crippen molar-refractivity contribution in [1.82, 2.24) is 24.9 Å². The SMILES string of the molecule is Cc1cc(C)n(CC(=O)N2CCCC(Cc3ccn[nH]3)C2)n1. The van der Waals surface area contributed by atoms with Crippen LogP contribution in [0.15, 0.2) is 18.3 Å². The summed E-state index contributed by atoms with van der Waals surface area (Å²) in [7, 11) is 0. The van der Waals surface area contributed by atoms with Crippen molar-refractivity contribution in [2.45, 2.75) is 39.7 Å². The van der Waals surface area contributed by atoms with E-state index in [1.165, 1.54) is 6.42 Å². The molecule has 0 saturated carbocycles. The molecule has 1 amide bonds. The third-order valence-corrected chi connectivity index (χ3v) is 4.33. The first-order valence-electron chi connectivity index (χ1n) is 7.89. The van der Waals surface area contributed by atoms with Crippen molar-refractivity contribution >= 4 is 5.91 Å². The number of carbonyl (C=O) groups is 1. The molecular weight excluding hydrogens is 278 g/mol. The fourth-order valence-electron chi connectivity index (χ4n) is 3.23. The zero-order valence-electron chi connectivity index (χ0n) is 13.2. The summed E-state index contributed by atoms with van der Waals surface area (Å²) in [5.74, 6) is 0.680. The summed E-state index contributed by atoms with van der Waals surface area (Å²) in [4.78, 5) is 14.5. The van der Waals surface area contributed by atoms with E-state index >= 15 is 0 Å². The topological polar surface area (TPSA) is 66.8 Å². The Morgan fingerprint density at radius 2 is 2.32 bits per heavy atom. The van der Waals surface area contributed by atoms with Gasteiger partial charge in [0.15, 0.2) is 0 Å². The van der Waals surface area contributed by atoms with Crippen LogP contribution in [0, 0.1) is 19.8 Å². The van der Waals surface area contributed by atoms with Gasteiger partial charge in [-0.05, 0) is 51.2 Å². The van der Waals surface area contributed by atoms with Crippen molar-refractivity contribution in [3.63, 3.8) is 0 Å². The van der Waals surface area contributed by atoms with Gasteiger partial charge in [-0.15, -0.1) is 0 Å². The van der Waals surface area contributed by atoms with Crippen LogP contribution in [-0.4, -0.2) is 43.9 Å². The zero-order chi connectivity index (χ0) is 15.5. The number of nitrogens with one attached hydrogen (secondary N) is 1. The summed E-state index contributed by atoms with van der Waals surface area (Å²) in [6.45, 7) is 5.98. The molecule has 1 atom stereocenters. The molecule has 118 valence electrons. The maximum atomic E-state index is 12.5. The standard InChI is InChI=1S/C16H23N5O/c1-12-8-13(2)21(19-12)11-16(22)20-7-3-4-14(10-20)9-15-5-6-17-18-15/h5-6,8,14H,3-4,7,9-11H2,1-2H3,(H,17,18). The van der Waals surface area contributed by atoms with Gasteiger partial charge in [0.25, 0.3) is 0 Å². The highest BCUT2D eigenvalue weighted by Gasteiger charge is 2.24. The Hall–Kier alpha value is -2.11. The van der Waals surface area contributed by atoms with E-state index in [1.54, 1.807) is 10.9 Å². The maximum Gasteiger partial charge on any atom is 0.244 e. The molecule has 6 heteroatoms. The molecule has 0 bridgehead atoms. The molecule has 0 spiro atoms. The molecule has 1 unspecified atom stereocenters. The van der Waals surface area contributed by atoms with Gasteiger partial charge in [-0.1, -0.05) is 0 Å². The second-order valence-electron chi connectivity index (χ2n) is 6.22. The Labute approximate surface area is 130 Å². The number of aryl methyl sites for hydroxylation is 2. The summed E-state index contributed by atoms with van der Waals surface area (Å²) in [6.07, 6.45) is 4.98. The molecule has 1 fully saturated rings. The van der Waals surface area contributed by atoms with Crippen LogP contribution in [-0.2, 0) is 17.8 Å². The number of nitrogens with zero attached hydrogens (tertiary/aromatic N) is 4. The minimum absolute atomic E-state index is 0.167. The van der Waals surface area contributed by atoms with Crippen molar-refractivity contribution in [2.24, 2.45) is 5.92 Å². The van der Waals surface area contributed by atoms with Gasteiger partial charge < -0.3 is 4.90 Å². The van der Waals surface area contributed by atoms with Crippen LogP contribution in [0.25, 0.3) is 0 Å². The predicted octanol–water partition coefficient (Wildman–Crippen LogP) is 1.70. The second-order valence-corrected chi connectivity index (χ2v) is 6.22. The largest absolute Gasteiger partial charge is 0.341 e. The Bertz CT molecular complexity index is 631. The summed E-state index contributed by atoms with van der Waals surface area (Å²) in [6, 6.07) is 4.02. The van der Waals surface area contributed by atoms with Crippen LogP contribution in [0.4, 0.5) is 0 Å². The maximum absolute atomic E-state index is 12.5. The molecule has 0 aromatic carbocycles.